The van der Waals surface area contributed by atoms with E-state index in [1.54, 1.807) is 12.1 Å². The van der Waals surface area contributed by atoms with Crippen molar-refractivity contribution >= 4 is 16.7 Å². The third-order valence-corrected chi connectivity index (χ3v) is 6.46. The Morgan fingerprint density at radius 2 is 1.78 bits per heavy atom. The minimum Gasteiger partial charge on any atom is -0.493 e. The number of carbonyl (C=O) groups is 1. The third-order valence-electron chi connectivity index (χ3n) is 6.46. The first-order chi connectivity index (χ1) is 17.6. The topological polar surface area (TPSA) is 100 Å². The summed E-state index contributed by atoms with van der Waals surface area (Å²) in [7, 11) is 4.62. The van der Waals surface area contributed by atoms with E-state index in [4.69, 9.17) is 23.7 Å². The summed E-state index contributed by atoms with van der Waals surface area (Å²) in [5.41, 5.74) is 1.79. The van der Waals surface area contributed by atoms with Crippen molar-refractivity contribution in [2.24, 2.45) is 0 Å². The molecule has 2 heterocycles. The number of ketones is 1. The Kier molecular flexibility index (Phi) is 7.80. The molecular formula is C28H36N2O7. The number of nitrogens with zero attached hydrogens (tertiary/aromatic N) is 1. The lowest BCUT2D eigenvalue weighted by molar-refractivity contribution is -0.159. The van der Waals surface area contributed by atoms with E-state index >= 15 is 0 Å². The van der Waals surface area contributed by atoms with Gasteiger partial charge in [-0.2, -0.15) is 0 Å². The second-order valence-corrected chi connectivity index (χ2v) is 9.99. The first-order valence-electron chi connectivity index (χ1n) is 12.2. The molecule has 2 atom stereocenters. The van der Waals surface area contributed by atoms with Crippen molar-refractivity contribution in [2.45, 2.75) is 51.4 Å². The first kappa shape index (κ1) is 26.9. The van der Waals surface area contributed by atoms with Crippen LogP contribution < -0.4 is 19.5 Å². The summed E-state index contributed by atoms with van der Waals surface area (Å²) >= 11 is 0. The van der Waals surface area contributed by atoms with Gasteiger partial charge >= 0.3 is 0 Å². The van der Waals surface area contributed by atoms with E-state index in [-0.39, 0.29) is 18.7 Å². The largest absolute Gasteiger partial charge is 0.493 e. The number of carbonyl (C=O) groups excluding carboxylic acids is 1. The van der Waals surface area contributed by atoms with Gasteiger partial charge in [-0.15, -0.1) is 0 Å². The quantitative estimate of drug-likeness (QED) is 0.297. The SMILES string of the molecule is COc1cc(CC(O)NCC(=O)c2cn(C[C@]3(C)COC(C)(C)O3)c3ccccc23)cc(OC)c1OC. The normalized spacial score (nSPS) is 19.6. The van der Waals surface area contributed by atoms with Gasteiger partial charge in [0.2, 0.25) is 5.75 Å². The number of fused-ring (bicyclic) bond motifs is 1. The minimum atomic E-state index is -0.953. The van der Waals surface area contributed by atoms with Gasteiger partial charge in [0, 0.05) is 29.1 Å². The van der Waals surface area contributed by atoms with Gasteiger partial charge in [-0.3, -0.25) is 10.1 Å². The van der Waals surface area contributed by atoms with E-state index < -0.39 is 17.6 Å². The molecule has 0 radical (unpaired) electrons. The molecule has 200 valence electrons. The summed E-state index contributed by atoms with van der Waals surface area (Å²) in [6, 6.07) is 11.3. The molecule has 0 amide bonds. The fourth-order valence-electron chi connectivity index (χ4n) is 4.87. The van der Waals surface area contributed by atoms with Crippen LogP contribution in [0.1, 0.15) is 36.7 Å². The van der Waals surface area contributed by atoms with E-state index in [1.165, 1.54) is 21.3 Å². The molecule has 1 saturated heterocycles. The van der Waals surface area contributed by atoms with Crippen molar-refractivity contribution < 1.29 is 33.6 Å². The predicted octanol–water partition coefficient (Wildman–Crippen LogP) is 3.54. The number of aromatic nitrogens is 1. The van der Waals surface area contributed by atoms with Crippen LogP contribution in [0.3, 0.4) is 0 Å². The van der Waals surface area contributed by atoms with Crippen LogP contribution in [0.2, 0.25) is 0 Å². The molecule has 1 unspecified atom stereocenters. The van der Waals surface area contributed by atoms with Crippen LogP contribution >= 0.6 is 0 Å². The van der Waals surface area contributed by atoms with Crippen LogP contribution in [-0.4, -0.2) is 67.6 Å². The molecule has 2 aromatic carbocycles. The highest BCUT2D eigenvalue weighted by molar-refractivity contribution is 6.09. The molecule has 2 N–H and O–H groups in total. The van der Waals surface area contributed by atoms with E-state index in [2.05, 4.69) is 5.32 Å². The summed E-state index contributed by atoms with van der Waals surface area (Å²) in [4.78, 5) is 13.2. The molecule has 0 saturated carbocycles. The number of benzene rings is 2. The Hall–Kier alpha value is -3.11. The summed E-state index contributed by atoms with van der Waals surface area (Å²) in [6.07, 6.45) is 1.16. The maximum Gasteiger partial charge on any atom is 0.203 e. The Labute approximate surface area is 217 Å². The number of ether oxygens (including phenoxy) is 5. The zero-order chi connectivity index (χ0) is 26.8. The van der Waals surface area contributed by atoms with Gasteiger partial charge in [-0.25, -0.2) is 0 Å². The smallest absolute Gasteiger partial charge is 0.203 e. The monoisotopic (exact) mass is 512 g/mol. The lowest BCUT2D eigenvalue weighted by atomic mass is 10.1. The van der Waals surface area contributed by atoms with Crippen molar-refractivity contribution in [3.63, 3.8) is 0 Å². The molecule has 1 aromatic heterocycles. The number of Topliss-reactive ketones (excluding diaryl/α,β-unsaturated/α-hetero) is 1. The molecule has 0 aliphatic carbocycles. The number of hydrogen-bond acceptors (Lipinski definition) is 8. The van der Waals surface area contributed by atoms with E-state index in [1.807, 2.05) is 55.8 Å². The van der Waals surface area contributed by atoms with Gasteiger partial charge in [-0.1, -0.05) is 18.2 Å². The number of hydrogen-bond donors (Lipinski definition) is 2. The molecule has 0 spiro atoms. The van der Waals surface area contributed by atoms with Crippen LogP contribution in [0.25, 0.3) is 10.9 Å². The minimum absolute atomic E-state index is 0.0243. The second kappa shape index (κ2) is 10.7. The number of aliphatic hydroxyl groups excluding tert-OH is 1. The highest BCUT2D eigenvalue weighted by Gasteiger charge is 2.42. The average Bonchev–Trinajstić information content (AvgIpc) is 3.37. The maximum absolute atomic E-state index is 13.2. The molecule has 4 rings (SSSR count). The van der Waals surface area contributed by atoms with Crippen LogP contribution in [0.5, 0.6) is 17.2 Å². The standard InChI is InChI=1S/C28H36N2O7/c1-27(2)36-17-28(3,37-27)16-30-15-20(19-9-7-8-10-21(19)30)22(31)14-29-25(32)13-18-11-23(33-4)26(35-6)24(12-18)34-5/h7-12,15,25,29,32H,13-14,16-17H2,1-6H3/t25?,28-/m1/s1. The lowest BCUT2D eigenvalue weighted by Gasteiger charge is -2.26. The van der Waals surface area contributed by atoms with Crippen molar-refractivity contribution in [3.05, 3.63) is 53.7 Å². The van der Waals surface area contributed by atoms with Crippen LogP contribution in [-0.2, 0) is 22.4 Å². The molecule has 37 heavy (non-hydrogen) atoms. The average molecular weight is 513 g/mol. The van der Waals surface area contributed by atoms with Crippen molar-refractivity contribution in [3.8, 4) is 17.2 Å². The van der Waals surface area contributed by atoms with Crippen molar-refractivity contribution in [1.82, 2.24) is 9.88 Å². The number of rotatable bonds is 11. The maximum atomic E-state index is 13.2. The van der Waals surface area contributed by atoms with Gasteiger partial charge in [0.05, 0.1) is 41.0 Å². The number of methoxy groups -OCH3 is 3. The van der Waals surface area contributed by atoms with Crippen LogP contribution in [0.15, 0.2) is 42.6 Å². The van der Waals surface area contributed by atoms with E-state index in [0.717, 1.165) is 16.5 Å². The molecule has 1 fully saturated rings. The summed E-state index contributed by atoms with van der Waals surface area (Å²) in [5.74, 6) is 0.722. The molecule has 0 bridgehead atoms. The van der Waals surface area contributed by atoms with E-state index in [9.17, 15) is 9.90 Å². The van der Waals surface area contributed by atoms with Gasteiger partial charge in [0.15, 0.2) is 23.1 Å². The van der Waals surface area contributed by atoms with Crippen molar-refractivity contribution in [1.29, 1.82) is 0 Å². The third kappa shape index (κ3) is 5.91. The number of aliphatic hydroxyl groups is 1. The Morgan fingerprint density at radius 3 is 2.38 bits per heavy atom. The summed E-state index contributed by atoms with van der Waals surface area (Å²) < 4.78 is 30.1. The molecular weight excluding hydrogens is 476 g/mol. The molecule has 3 aromatic rings. The zero-order valence-corrected chi connectivity index (χ0v) is 22.3. The Bertz CT molecular complexity index is 1240. The summed E-state index contributed by atoms with van der Waals surface area (Å²) in [6.45, 7) is 6.79. The molecule has 9 nitrogen and oxygen atoms in total. The highest BCUT2D eigenvalue weighted by atomic mass is 16.8. The van der Waals surface area contributed by atoms with Gasteiger partial charge in [0.25, 0.3) is 0 Å². The van der Waals surface area contributed by atoms with Crippen molar-refractivity contribution in [2.75, 3.05) is 34.5 Å². The van der Waals surface area contributed by atoms with Gasteiger partial charge in [0.1, 0.15) is 11.8 Å². The number of para-hydroxylation sites is 1. The first-order valence-corrected chi connectivity index (χ1v) is 12.2. The van der Waals surface area contributed by atoms with Gasteiger partial charge < -0.3 is 33.4 Å². The predicted molar refractivity (Wildman–Crippen MR) is 140 cm³/mol. The highest BCUT2D eigenvalue weighted by Crippen LogP contribution is 2.38. The lowest BCUT2D eigenvalue weighted by Crippen LogP contribution is -2.35. The van der Waals surface area contributed by atoms with Gasteiger partial charge in [-0.05, 0) is 44.5 Å². The fraction of sp³-hybridized carbons (Fsp3) is 0.464. The summed E-state index contributed by atoms with van der Waals surface area (Å²) in [5, 5.41) is 14.4. The zero-order valence-electron chi connectivity index (χ0n) is 22.3. The van der Waals surface area contributed by atoms with Crippen LogP contribution in [0.4, 0.5) is 0 Å². The molecule has 1 aliphatic heterocycles. The molecule has 1 aliphatic rings. The fourth-order valence-corrected chi connectivity index (χ4v) is 4.87. The number of nitrogens with one attached hydrogen (secondary N) is 1. The Balaban J connectivity index is 1.46. The van der Waals surface area contributed by atoms with Crippen LogP contribution in [0, 0.1) is 0 Å². The Morgan fingerprint density at radius 1 is 1.11 bits per heavy atom. The second-order valence-electron chi connectivity index (χ2n) is 9.99. The molecule has 9 heteroatoms. The van der Waals surface area contributed by atoms with E-state index in [0.29, 0.717) is 36.0 Å².